The van der Waals surface area contributed by atoms with Gasteiger partial charge in [-0.05, 0) is 55.9 Å². The number of nitrogens with zero attached hydrogens (tertiary/aromatic N) is 2. The van der Waals surface area contributed by atoms with E-state index in [2.05, 4.69) is 27.5 Å². The quantitative estimate of drug-likeness (QED) is 0.723. The average Bonchev–Trinajstić information content (AvgIpc) is 2.66. The van der Waals surface area contributed by atoms with Gasteiger partial charge in [0.15, 0.2) is 0 Å². The number of aryl methyl sites for hydroxylation is 2. The molecule has 0 radical (unpaired) electrons. The van der Waals surface area contributed by atoms with Gasteiger partial charge < -0.3 is 15.5 Å². The summed E-state index contributed by atoms with van der Waals surface area (Å²) >= 11 is 0. The van der Waals surface area contributed by atoms with Gasteiger partial charge in [-0.2, -0.15) is 4.98 Å². The summed E-state index contributed by atoms with van der Waals surface area (Å²) in [6.07, 6.45) is 2.08. The summed E-state index contributed by atoms with van der Waals surface area (Å²) in [5.41, 5.74) is 2.52. The van der Waals surface area contributed by atoms with Gasteiger partial charge in [0.1, 0.15) is 5.82 Å². The first kappa shape index (κ1) is 20.1. The van der Waals surface area contributed by atoms with Crippen LogP contribution in [0.15, 0.2) is 23.0 Å². The van der Waals surface area contributed by atoms with Crippen LogP contribution in [0.25, 0.3) is 0 Å². The number of aromatic amines is 1. The Morgan fingerprint density at radius 1 is 1.20 bits per heavy atom. The second kappa shape index (κ2) is 7.93. The number of hydrogen-bond donors (Lipinski definition) is 3. The zero-order chi connectivity index (χ0) is 21.4. The number of H-pyrrole nitrogens is 1. The molecule has 4 rings (SSSR count). The standard InChI is InChI=1S/C22H27N5O3/c1-12-5-4-6-27(11-12)22-25-19-18(21(30)26-22)16(10-17(28)24-19)20(29)23-15-8-13(2)7-14(3)9-15/h7-9,12,16H,4-6,10-11H2,1-3H3,(H,23,29)(H2,24,25,26,28,30)/t12-,16-/m0/s1. The average molecular weight is 409 g/mol. The zero-order valence-electron chi connectivity index (χ0n) is 17.5. The van der Waals surface area contributed by atoms with Crippen molar-refractivity contribution >= 4 is 29.3 Å². The van der Waals surface area contributed by atoms with Crippen molar-refractivity contribution in [1.29, 1.82) is 0 Å². The van der Waals surface area contributed by atoms with Crippen LogP contribution >= 0.6 is 0 Å². The SMILES string of the molecule is Cc1cc(C)cc(NC(=O)[C@H]2CC(=O)Nc3nc(N4CCC[C@H](C)C4)[nH]c(=O)c32)c1. The Kier molecular flexibility index (Phi) is 5.32. The summed E-state index contributed by atoms with van der Waals surface area (Å²) in [6, 6.07) is 5.73. The van der Waals surface area contributed by atoms with E-state index < -0.39 is 5.92 Å². The van der Waals surface area contributed by atoms with E-state index in [4.69, 9.17) is 0 Å². The highest BCUT2D eigenvalue weighted by Crippen LogP contribution is 2.31. The van der Waals surface area contributed by atoms with Gasteiger partial charge in [0, 0.05) is 25.2 Å². The maximum Gasteiger partial charge on any atom is 0.258 e. The number of fused-ring (bicyclic) bond motifs is 1. The normalized spacial score (nSPS) is 21.0. The number of hydrogen-bond acceptors (Lipinski definition) is 5. The number of rotatable bonds is 3. The van der Waals surface area contributed by atoms with E-state index in [0.29, 0.717) is 17.6 Å². The minimum Gasteiger partial charge on any atom is -0.342 e. The Bertz CT molecular complexity index is 1040. The number of carbonyl (C=O) groups excluding carboxylic acids is 2. The molecule has 2 amide bonds. The molecule has 30 heavy (non-hydrogen) atoms. The molecule has 0 bridgehead atoms. The molecule has 1 fully saturated rings. The molecule has 2 aromatic rings. The van der Waals surface area contributed by atoms with Crippen molar-refractivity contribution in [3.05, 3.63) is 45.2 Å². The van der Waals surface area contributed by atoms with E-state index in [1.807, 2.05) is 36.9 Å². The van der Waals surface area contributed by atoms with E-state index in [1.54, 1.807) is 0 Å². The van der Waals surface area contributed by atoms with E-state index in [0.717, 1.165) is 37.1 Å². The van der Waals surface area contributed by atoms with Crippen LogP contribution in [0.3, 0.4) is 0 Å². The first-order valence-corrected chi connectivity index (χ1v) is 10.4. The summed E-state index contributed by atoms with van der Waals surface area (Å²) in [5.74, 6) is -0.460. The van der Waals surface area contributed by atoms with Gasteiger partial charge in [0.05, 0.1) is 11.5 Å². The van der Waals surface area contributed by atoms with Gasteiger partial charge in [-0.3, -0.25) is 19.4 Å². The molecule has 0 unspecified atom stereocenters. The van der Waals surface area contributed by atoms with E-state index in [1.165, 1.54) is 0 Å². The van der Waals surface area contributed by atoms with Crippen LogP contribution in [0.2, 0.25) is 0 Å². The zero-order valence-corrected chi connectivity index (χ0v) is 17.5. The summed E-state index contributed by atoms with van der Waals surface area (Å²) in [6.45, 7) is 7.66. The van der Waals surface area contributed by atoms with Gasteiger partial charge in [-0.1, -0.05) is 13.0 Å². The van der Waals surface area contributed by atoms with Crippen LogP contribution in [-0.2, 0) is 9.59 Å². The van der Waals surface area contributed by atoms with Crippen molar-refractivity contribution in [3.8, 4) is 0 Å². The summed E-state index contributed by atoms with van der Waals surface area (Å²) in [5, 5.41) is 5.54. The number of piperidine rings is 1. The molecule has 1 aromatic carbocycles. The second-order valence-electron chi connectivity index (χ2n) is 8.52. The highest BCUT2D eigenvalue weighted by molar-refractivity contribution is 6.04. The van der Waals surface area contributed by atoms with E-state index >= 15 is 0 Å². The Morgan fingerprint density at radius 3 is 2.63 bits per heavy atom. The van der Waals surface area contributed by atoms with Crippen molar-refractivity contribution in [1.82, 2.24) is 9.97 Å². The molecule has 8 heteroatoms. The van der Waals surface area contributed by atoms with Gasteiger partial charge >= 0.3 is 0 Å². The second-order valence-corrected chi connectivity index (χ2v) is 8.52. The summed E-state index contributed by atoms with van der Waals surface area (Å²) in [4.78, 5) is 47.6. The van der Waals surface area contributed by atoms with Crippen molar-refractivity contribution in [2.24, 2.45) is 5.92 Å². The molecule has 3 N–H and O–H groups in total. The Labute approximate surface area is 175 Å². The van der Waals surface area contributed by atoms with Crippen LogP contribution in [0.4, 0.5) is 17.5 Å². The third-order valence-electron chi connectivity index (χ3n) is 5.70. The maximum absolute atomic E-state index is 13.0. The lowest BCUT2D eigenvalue weighted by Gasteiger charge is -2.32. The van der Waals surface area contributed by atoms with E-state index in [9.17, 15) is 14.4 Å². The Morgan fingerprint density at radius 2 is 1.93 bits per heavy atom. The lowest BCUT2D eigenvalue weighted by atomic mass is 9.92. The smallest absolute Gasteiger partial charge is 0.258 e. The van der Waals surface area contributed by atoms with Gasteiger partial charge in [-0.15, -0.1) is 0 Å². The third kappa shape index (κ3) is 4.08. The minimum absolute atomic E-state index is 0.0888. The molecule has 0 aliphatic carbocycles. The molecule has 2 atom stereocenters. The van der Waals surface area contributed by atoms with Crippen LogP contribution in [0.1, 0.15) is 48.8 Å². The highest BCUT2D eigenvalue weighted by atomic mass is 16.2. The lowest BCUT2D eigenvalue weighted by molar-refractivity contribution is -0.123. The molecule has 0 spiro atoms. The first-order valence-electron chi connectivity index (χ1n) is 10.4. The predicted octanol–water partition coefficient (Wildman–Crippen LogP) is 2.69. The molecular weight excluding hydrogens is 382 g/mol. The topological polar surface area (TPSA) is 107 Å². The van der Waals surface area contributed by atoms with Gasteiger partial charge in [0.25, 0.3) is 5.56 Å². The molecule has 1 aromatic heterocycles. The summed E-state index contributed by atoms with van der Waals surface area (Å²) < 4.78 is 0. The molecule has 158 valence electrons. The number of anilines is 3. The largest absolute Gasteiger partial charge is 0.342 e. The van der Waals surface area contributed by atoms with Crippen LogP contribution < -0.4 is 21.1 Å². The molecule has 8 nitrogen and oxygen atoms in total. The van der Waals surface area contributed by atoms with E-state index in [-0.39, 0.29) is 35.2 Å². The molecular formula is C22H27N5O3. The maximum atomic E-state index is 13.0. The minimum atomic E-state index is -0.889. The van der Waals surface area contributed by atoms with Crippen LogP contribution in [0, 0.1) is 19.8 Å². The number of nitrogens with one attached hydrogen (secondary N) is 3. The lowest BCUT2D eigenvalue weighted by Crippen LogP contribution is -2.40. The number of carbonyl (C=O) groups is 2. The first-order chi connectivity index (χ1) is 14.3. The van der Waals surface area contributed by atoms with Crippen molar-refractivity contribution in [2.45, 2.75) is 46.0 Å². The molecule has 2 aliphatic heterocycles. The molecule has 0 saturated carbocycles. The van der Waals surface area contributed by atoms with Crippen LogP contribution in [0.5, 0.6) is 0 Å². The van der Waals surface area contributed by atoms with Gasteiger partial charge in [-0.25, -0.2) is 0 Å². The Balaban J connectivity index is 1.65. The number of amides is 2. The molecule has 3 heterocycles. The third-order valence-corrected chi connectivity index (χ3v) is 5.70. The van der Waals surface area contributed by atoms with Crippen molar-refractivity contribution in [2.75, 3.05) is 28.6 Å². The number of benzene rings is 1. The van der Waals surface area contributed by atoms with Crippen molar-refractivity contribution < 1.29 is 9.59 Å². The highest BCUT2D eigenvalue weighted by Gasteiger charge is 2.35. The number of aromatic nitrogens is 2. The molecule has 2 aliphatic rings. The molecule has 1 saturated heterocycles. The fourth-order valence-electron chi connectivity index (χ4n) is 4.39. The monoisotopic (exact) mass is 409 g/mol. The van der Waals surface area contributed by atoms with Crippen molar-refractivity contribution in [3.63, 3.8) is 0 Å². The fraction of sp³-hybridized carbons (Fsp3) is 0.455. The summed E-state index contributed by atoms with van der Waals surface area (Å²) in [7, 11) is 0. The van der Waals surface area contributed by atoms with Crippen LogP contribution in [-0.4, -0.2) is 34.9 Å². The fourth-order valence-corrected chi connectivity index (χ4v) is 4.39. The van der Waals surface area contributed by atoms with Gasteiger partial charge in [0.2, 0.25) is 17.8 Å². The predicted molar refractivity (Wildman–Crippen MR) is 116 cm³/mol. The Hall–Kier alpha value is -3.16.